The maximum atomic E-state index is 12.6. The molecule has 3 aromatic rings. The Morgan fingerprint density at radius 3 is 2.54 bits per heavy atom. The highest BCUT2D eigenvalue weighted by Gasteiger charge is 2.30. The first-order chi connectivity index (χ1) is 12.4. The number of hydrogen-bond acceptors (Lipinski definition) is 4. The maximum Gasteiger partial charge on any atom is 0.416 e. The van der Waals surface area contributed by atoms with Crippen LogP contribution in [-0.4, -0.2) is 17.1 Å². The summed E-state index contributed by atoms with van der Waals surface area (Å²) in [6.07, 6.45) is -1.32. The van der Waals surface area contributed by atoms with Crippen LogP contribution in [0.3, 0.4) is 0 Å². The van der Waals surface area contributed by atoms with E-state index in [1.54, 1.807) is 17.8 Å². The molecule has 8 heteroatoms. The fourth-order valence-corrected chi connectivity index (χ4v) is 2.67. The monoisotopic (exact) mass is 378 g/mol. The van der Waals surface area contributed by atoms with E-state index in [0.717, 1.165) is 17.0 Å². The summed E-state index contributed by atoms with van der Waals surface area (Å²) in [5, 5.41) is 2.70. The predicted molar refractivity (Wildman–Crippen MR) is 93.1 cm³/mol. The number of carbonyl (C=O) groups is 1. The summed E-state index contributed by atoms with van der Waals surface area (Å²) in [4.78, 5) is 17.3. The zero-order valence-electron chi connectivity index (χ0n) is 13.5. The number of amides is 1. The van der Waals surface area contributed by atoms with Gasteiger partial charge in [0, 0.05) is 16.1 Å². The third-order valence-corrected chi connectivity index (χ3v) is 4.25. The summed E-state index contributed by atoms with van der Waals surface area (Å²) < 4.78 is 43.0. The van der Waals surface area contributed by atoms with Gasteiger partial charge in [-0.2, -0.15) is 13.2 Å². The van der Waals surface area contributed by atoms with Gasteiger partial charge in [-0.25, -0.2) is 4.98 Å². The van der Waals surface area contributed by atoms with Crippen molar-refractivity contribution in [1.82, 2.24) is 4.98 Å². The molecule has 1 amide bonds. The Balaban J connectivity index is 1.75. The zero-order valence-corrected chi connectivity index (χ0v) is 14.3. The molecular formula is C18H13F3N2O2S. The van der Waals surface area contributed by atoms with E-state index in [-0.39, 0.29) is 11.6 Å². The molecule has 0 atom stereocenters. The van der Waals surface area contributed by atoms with Crippen LogP contribution in [0.25, 0.3) is 11.5 Å². The number of alkyl halides is 3. The minimum Gasteiger partial charge on any atom is -0.444 e. The first kappa shape index (κ1) is 18.1. The maximum absolute atomic E-state index is 12.6. The quantitative estimate of drug-likeness (QED) is 0.623. The van der Waals surface area contributed by atoms with Gasteiger partial charge in [-0.15, -0.1) is 11.8 Å². The molecular weight excluding hydrogens is 365 g/mol. The van der Waals surface area contributed by atoms with E-state index in [1.165, 1.54) is 18.4 Å². The largest absolute Gasteiger partial charge is 0.444 e. The van der Waals surface area contributed by atoms with Crippen LogP contribution in [0.2, 0.25) is 0 Å². The number of anilines is 1. The molecule has 0 radical (unpaired) electrons. The predicted octanol–water partition coefficient (Wildman–Crippen LogP) is 5.33. The first-order valence-electron chi connectivity index (χ1n) is 7.45. The molecule has 0 aliphatic heterocycles. The number of rotatable bonds is 4. The van der Waals surface area contributed by atoms with Crippen molar-refractivity contribution in [3.63, 3.8) is 0 Å². The molecule has 0 saturated carbocycles. The number of thioether (sulfide) groups is 1. The Bertz CT molecular complexity index is 921. The minimum atomic E-state index is -4.41. The molecule has 0 unspecified atom stereocenters. The van der Waals surface area contributed by atoms with Gasteiger partial charge in [-0.3, -0.25) is 4.79 Å². The lowest BCUT2D eigenvalue weighted by Crippen LogP contribution is -2.12. The number of nitrogens with one attached hydrogen (secondary N) is 1. The van der Waals surface area contributed by atoms with E-state index < -0.39 is 17.6 Å². The molecule has 1 N–H and O–H groups in total. The Kier molecular flexibility index (Phi) is 5.03. The zero-order chi connectivity index (χ0) is 18.7. The minimum absolute atomic E-state index is 0.0365. The topological polar surface area (TPSA) is 55.1 Å². The number of oxazole rings is 1. The van der Waals surface area contributed by atoms with E-state index in [1.807, 2.05) is 24.5 Å². The van der Waals surface area contributed by atoms with Crippen molar-refractivity contribution in [3.8, 4) is 11.5 Å². The summed E-state index contributed by atoms with van der Waals surface area (Å²) in [5.41, 5.74) is 0.233. The van der Waals surface area contributed by atoms with Crippen LogP contribution in [0.1, 0.15) is 16.1 Å². The van der Waals surface area contributed by atoms with Gasteiger partial charge in [0.2, 0.25) is 5.89 Å². The molecule has 1 heterocycles. The summed E-state index contributed by atoms with van der Waals surface area (Å²) in [7, 11) is 0. The number of halogens is 3. The standard InChI is InChI=1S/C18H13F3N2O2S/c1-26-14-4-2-3-13(9-14)22-16(24)15-10-25-17(23-15)11-5-7-12(8-6-11)18(19,20)21/h2-10H,1H3,(H,22,24). The fourth-order valence-electron chi connectivity index (χ4n) is 2.21. The molecule has 0 aliphatic carbocycles. The van der Waals surface area contributed by atoms with Crippen LogP contribution < -0.4 is 5.32 Å². The Labute approximate surface area is 151 Å². The van der Waals surface area contributed by atoms with Crippen molar-refractivity contribution in [2.75, 3.05) is 11.6 Å². The van der Waals surface area contributed by atoms with Crippen LogP contribution >= 0.6 is 11.8 Å². The van der Waals surface area contributed by atoms with Crippen molar-refractivity contribution in [3.05, 3.63) is 66.1 Å². The van der Waals surface area contributed by atoms with E-state index >= 15 is 0 Å². The van der Waals surface area contributed by atoms with Crippen molar-refractivity contribution < 1.29 is 22.4 Å². The molecule has 134 valence electrons. The highest BCUT2D eigenvalue weighted by molar-refractivity contribution is 7.98. The molecule has 1 aromatic heterocycles. The van der Waals surface area contributed by atoms with Gasteiger partial charge in [0.1, 0.15) is 6.26 Å². The van der Waals surface area contributed by atoms with Crippen LogP contribution in [0, 0.1) is 0 Å². The van der Waals surface area contributed by atoms with E-state index in [9.17, 15) is 18.0 Å². The van der Waals surface area contributed by atoms with Crippen LogP contribution in [0.5, 0.6) is 0 Å². The molecule has 26 heavy (non-hydrogen) atoms. The summed E-state index contributed by atoms with van der Waals surface area (Å²) in [5.74, 6) is -0.396. The van der Waals surface area contributed by atoms with Crippen molar-refractivity contribution >= 4 is 23.4 Å². The molecule has 2 aromatic carbocycles. The van der Waals surface area contributed by atoms with E-state index in [4.69, 9.17) is 4.42 Å². The average molecular weight is 378 g/mol. The SMILES string of the molecule is CSc1cccc(NC(=O)c2coc(-c3ccc(C(F)(F)F)cc3)n2)c1. The average Bonchev–Trinajstić information content (AvgIpc) is 3.11. The van der Waals surface area contributed by atoms with Gasteiger partial charge in [0.15, 0.2) is 5.69 Å². The Morgan fingerprint density at radius 2 is 1.88 bits per heavy atom. The highest BCUT2D eigenvalue weighted by atomic mass is 32.2. The lowest BCUT2D eigenvalue weighted by atomic mass is 10.1. The summed E-state index contributed by atoms with van der Waals surface area (Å²) in [6, 6.07) is 11.7. The highest BCUT2D eigenvalue weighted by Crippen LogP contribution is 2.30. The number of carbonyl (C=O) groups excluding carboxylic acids is 1. The normalized spacial score (nSPS) is 11.4. The fraction of sp³-hybridized carbons (Fsp3) is 0.111. The second-order valence-corrected chi connectivity index (χ2v) is 6.18. The second-order valence-electron chi connectivity index (χ2n) is 5.30. The lowest BCUT2D eigenvalue weighted by molar-refractivity contribution is -0.137. The van der Waals surface area contributed by atoms with Crippen molar-refractivity contribution in [1.29, 1.82) is 0 Å². The van der Waals surface area contributed by atoms with Crippen LogP contribution in [-0.2, 0) is 6.18 Å². The smallest absolute Gasteiger partial charge is 0.416 e. The lowest BCUT2D eigenvalue weighted by Gasteiger charge is -2.06. The molecule has 0 spiro atoms. The summed E-state index contributed by atoms with van der Waals surface area (Å²) >= 11 is 1.54. The first-order valence-corrected chi connectivity index (χ1v) is 8.68. The van der Waals surface area contributed by atoms with Gasteiger partial charge in [-0.05, 0) is 48.7 Å². The summed E-state index contributed by atoms with van der Waals surface area (Å²) in [6.45, 7) is 0. The van der Waals surface area contributed by atoms with Crippen LogP contribution in [0.4, 0.5) is 18.9 Å². The molecule has 4 nitrogen and oxygen atoms in total. The van der Waals surface area contributed by atoms with Gasteiger partial charge < -0.3 is 9.73 Å². The van der Waals surface area contributed by atoms with Gasteiger partial charge >= 0.3 is 6.18 Å². The Morgan fingerprint density at radius 1 is 1.15 bits per heavy atom. The van der Waals surface area contributed by atoms with Crippen molar-refractivity contribution in [2.24, 2.45) is 0 Å². The van der Waals surface area contributed by atoms with Crippen molar-refractivity contribution in [2.45, 2.75) is 11.1 Å². The third-order valence-electron chi connectivity index (χ3n) is 3.52. The van der Waals surface area contributed by atoms with Gasteiger partial charge in [0.05, 0.1) is 5.56 Å². The molecule has 0 fully saturated rings. The van der Waals surface area contributed by atoms with Crippen LogP contribution in [0.15, 0.2) is 64.1 Å². The Hall–Kier alpha value is -2.74. The van der Waals surface area contributed by atoms with Gasteiger partial charge in [0.25, 0.3) is 5.91 Å². The molecule has 0 aliphatic rings. The molecule has 3 rings (SSSR count). The van der Waals surface area contributed by atoms with Gasteiger partial charge in [-0.1, -0.05) is 6.07 Å². The second kappa shape index (κ2) is 7.25. The number of benzene rings is 2. The number of nitrogens with zero attached hydrogens (tertiary/aromatic N) is 1. The third kappa shape index (κ3) is 4.08. The number of hydrogen-bond donors (Lipinski definition) is 1. The van der Waals surface area contributed by atoms with E-state index in [2.05, 4.69) is 10.3 Å². The number of aromatic nitrogens is 1. The molecule has 0 bridgehead atoms. The van der Waals surface area contributed by atoms with E-state index in [0.29, 0.717) is 11.3 Å². The molecule has 0 saturated heterocycles.